The fourth-order valence-corrected chi connectivity index (χ4v) is 2.68. The van der Waals surface area contributed by atoms with E-state index in [1.165, 1.54) is 11.1 Å². The average molecular weight is 239 g/mol. The second-order valence-corrected chi connectivity index (χ2v) is 5.02. The SMILES string of the molecule is C=C/C=C1\C(=C)NC(c2ccccc2)C(C)C1C. The molecule has 1 aromatic rings. The Bertz CT molecular complexity index is 470. The molecule has 0 bridgehead atoms. The van der Waals surface area contributed by atoms with E-state index in [-0.39, 0.29) is 0 Å². The van der Waals surface area contributed by atoms with Crippen LogP contribution in [0.15, 0.2) is 66.9 Å². The highest BCUT2D eigenvalue weighted by molar-refractivity contribution is 5.37. The van der Waals surface area contributed by atoms with Crippen LogP contribution in [0.1, 0.15) is 25.5 Å². The van der Waals surface area contributed by atoms with Gasteiger partial charge in [0, 0.05) is 5.70 Å². The average Bonchev–Trinajstić information content (AvgIpc) is 2.40. The van der Waals surface area contributed by atoms with E-state index in [4.69, 9.17) is 0 Å². The second-order valence-electron chi connectivity index (χ2n) is 5.02. The highest BCUT2D eigenvalue weighted by Crippen LogP contribution is 2.39. The van der Waals surface area contributed by atoms with Gasteiger partial charge in [-0.3, -0.25) is 0 Å². The minimum Gasteiger partial charge on any atom is -0.378 e. The second kappa shape index (κ2) is 5.26. The van der Waals surface area contributed by atoms with Gasteiger partial charge in [-0.25, -0.2) is 0 Å². The topological polar surface area (TPSA) is 12.0 Å². The minimum atomic E-state index is 0.343. The summed E-state index contributed by atoms with van der Waals surface area (Å²) >= 11 is 0. The van der Waals surface area contributed by atoms with Gasteiger partial charge in [0.1, 0.15) is 0 Å². The van der Waals surface area contributed by atoms with Crippen molar-refractivity contribution in [3.63, 3.8) is 0 Å². The van der Waals surface area contributed by atoms with Crippen LogP contribution in [-0.4, -0.2) is 0 Å². The molecule has 18 heavy (non-hydrogen) atoms. The van der Waals surface area contributed by atoms with Crippen LogP contribution in [0.5, 0.6) is 0 Å². The maximum atomic E-state index is 4.15. The molecule has 0 amide bonds. The molecule has 0 aliphatic carbocycles. The van der Waals surface area contributed by atoms with Gasteiger partial charge in [-0.15, -0.1) is 0 Å². The van der Waals surface area contributed by atoms with E-state index in [2.05, 4.69) is 68.7 Å². The fourth-order valence-electron chi connectivity index (χ4n) is 2.68. The molecule has 1 nitrogen and oxygen atoms in total. The molecule has 1 saturated heterocycles. The fraction of sp³-hybridized carbons (Fsp3) is 0.294. The van der Waals surface area contributed by atoms with Gasteiger partial charge in [-0.1, -0.05) is 69.5 Å². The Morgan fingerprint density at radius 1 is 1.17 bits per heavy atom. The molecule has 1 aromatic carbocycles. The lowest BCUT2D eigenvalue weighted by Gasteiger charge is -2.39. The van der Waals surface area contributed by atoms with Crippen LogP contribution < -0.4 is 5.32 Å². The van der Waals surface area contributed by atoms with Crippen LogP contribution in [-0.2, 0) is 0 Å². The van der Waals surface area contributed by atoms with Crippen molar-refractivity contribution in [1.82, 2.24) is 5.32 Å². The highest BCUT2D eigenvalue weighted by Gasteiger charge is 2.32. The lowest BCUT2D eigenvalue weighted by atomic mass is 9.76. The predicted octanol–water partition coefficient (Wildman–Crippen LogP) is 4.23. The van der Waals surface area contributed by atoms with Crippen molar-refractivity contribution >= 4 is 0 Å². The summed E-state index contributed by atoms with van der Waals surface area (Å²) in [5, 5.41) is 3.54. The molecule has 0 saturated carbocycles. The first-order valence-electron chi connectivity index (χ1n) is 6.48. The van der Waals surface area contributed by atoms with Crippen molar-refractivity contribution < 1.29 is 0 Å². The molecule has 1 aliphatic heterocycles. The summed E-state index contributed by atoms with van der Waals surface area (Å²) in [5.41, 5.74) is 3.62. The Morgan fingerprint density at radius 3 is 2.44 bits per heavy atom. The first kappa shape index (κ1) is 12.7. The Labute approximate surface area is 110 Å². The molecule has 0 radical (unpaired) electrons. The van der Waals surface area contributed by atoms with E-state index in [1.54, 1.807) is 0 Å². The number of nitrogens with one attached hydrogen (secondary N) is 1. The minimum absolute atomic E-state index is 0.343. The number of benzene rings is 1. The zero-order valence-corrected chi connectivity index (χ0v) is 11.2. The Morgan fingerprint density at radius 2 is 1.83 bits per heavy atom. The highest BCUT2D eigenvalue weighted by atomic mass is 15.0. The summed E-state index contributed by atoms with van der Waals surface area (Å²) in [6, 6.07) is 10.9. The summed E-state index contributed by atoms with van der Waals surface area (Å²) < 4.78 is 0. The lowest BCUT2D eigenvalue weighted by Crippen LogP contribution is -2.37. The molecule has 1 heterocycles. The summed E-state index contributed by atoms with van der Waals surface area (Å²) in [6.07, 6.45) is 3.91. The first-order chi connectivity index (χ1) is 8.65. The Hall–Kier alpha value is -1.76. The number of piperidine rings is 1. The van der Waals surface area contributed by atoms with Crippen molar-refractivity contribution in [1.29, 1.82) is 0 Å². The molecule has 2 rings (SSSR count). The summed E-state index contributed by atoms with van der Waals surface area (Å²) in [6.45, 7) is 12.5. The number of rotatable bonds is 2. The van der Waals surface area contributed by atoms with Gasteiger partial charge in [0.15, 0.2) is 0 Å². The number of allylic oxidation sites excluding steroid dienone is 3. The van der Waals surface area contributed by atoms with E-state index in [0.29, 0.717) is 17.9 Å². The van der Waals surface area contributed by atoms with Gasteiger partial charge < -0.3 is 5.32 Å². The van der Waals surface area contributed by atoms with Crippen molar-refractivity contribution in [3.05, 3.63) is 72.5 Å². The van der Waals surface area contributed by atoms with Gasteiger partial charge in [0.2, 0.25) is 0 Å². The monoisotopic (exact) mass is 239 g/mol. The third-order valence-corrected chi connectivity index (χ3v) is 3.94. The van der Waals surface area contributed by atoms with Crippen LogP contribution in [0.3, 0.4) is 0 Å². The number of hydrogen-bond donors (Lipinski definition) is 1. The molecule has 1 heteroatoms. The molecule has 3 atom stereocenters. The number of hydrogen-bond acceptors (Lipinski definition) is 1. The largest absolute Gasteiger partial charge is 0.378 e. The van der Waals surface area contributed by atoms with Crippen LogP contribution >= 0.6 is 0 Å². The molecular weight excluding hydrogens is 218 g/mol. The van der Waals surface area contributed by atoms with Crippen molar-refractivity contribution in [2.24, 2.45) is 11.8 Å². The van der Waals surface area contributed by atoms with Crippen molar-refractivity contribution in [2.75, 3.05) is 0 Å². The third kappa shape index (κ3) is 2.26. The van der Waals surface area contributed by atoms with Gasteiger partial charge in [-0.05, 0) is 23.0 Å². The summed E-state index contributed by atoms with van der Waals surface area (Å²) in [4.78, 5) is 0. The predicted molar refractivity (Wildman–Crippen MR) is 78.1 cm³/mol. The zero-order chi connectivity index (χ0) is 13.1. The molecule has 0 aromatic heterocycles. The molecule has 94 valence electrons. The third-order valence-electron chi connectivity index (χ3n) is 3.94. The van der Waals surface area contributed by atoms with E-state index >= 15 is 0 Å². The molecular formula is C17H21N. The summed E-state index contributed by atoms with van der Waals surface area (Å²) in [7, 11) is 0. The first-order valence-corrected chi connectivity index (χ1v) is 6.48. The van der Waals surface area contributed by atoms with E-state index < -0.39 is 0 Å². The van der Waals surface area contributed by atoms with Crippen LogP contribution in [0, 0.1) is 11.8 Å². The van der Waals surface area contributed by atoms with Gasteiger partial charge in [0.25, 0.3) is 0 Å². The molecule has 1 N–H and O–H groups in total. The van der Waals surface area contributed by atoms with E-state index in [1.807, 2.05) is 6.08 Å². The summed E-state index contributed by atoms with van der Waals surface area (Å²) in [5.74, 6) is 1.02. The van der Waals surface area contributed by atoms with Crippen LogP contribution in [0.4, 0.5) is 0 Å². The van der Waals surface area contributed by atoms with Crippen LogP contribution in [0.2, 0.25) is 0 Å². The maximum Gasteiger partial charge on any atom is 0.0545 e. The molecule has 3 unspecified atom stereocenters. The van der Waals surface area contributed by atoms with Crippen molar-refractivity contribution in [3.8, 4) is 0 Å². The smallest absolute Gasteiger partial charge is 0.0545 e. The van der Waals surface area contributed by atoms with Gasteiger partial charge in [0.05, 0.1) is 6.04 Å². The van der Waals surface area contributed by atoms with Crippen molar-refractivity contribution in [2.45, 2.75) is 19.9 Å². The van der Waals surface area contributed by atoms with E-state index in [0.717, 1.165) is 5.70 Å². The quantitative estimate of drug-likeness (QED) is 0.814. The Kier molecular flexibility index (Phi) is 3.71. The molecule has 1 fully saturated rings. The maximum absolute atomic E-state index is 4.15. The van der Waals surface area contributed by atoms with Gasteiger partial charge >= 0.3 is 0 Å². The standard InChI is InChI=1S/C17H21N/c1-5-9-16-12(2)13(3)17(18-14(16)4)15-10-7-6-8-11-15/h5-13,17-18H,1,4H2,2-3H3/b16-9-. The molecule has 1 aliphatic rings. The van der Waals surface area contributed by atoms with E-state index in [9.17, 15) is 0 Å². The zero-order valence-electron chi connectivity index (χ0n) is 11.2. The Balaban J connectivity index is 2.30. The normalized spacial score (nSPS) is 30.0. The molecule has 0 spiro atoms. The lowest BCUT2D eigenvalue weighted by molar-refractivity contribution is 0.303. The van der Waals surface area contributed by atoms with Crippen LogP contribution in [0.25, 0.3) is 0 Å². The van der Waals surface area contributed by atoms with Gasteiger partial charge in [-0.2, -0.15) is 0 Å².